The van der Waals surface area contributed by atoms with Crippen molar-refractivity contribution in [2.45, 2.75) is 31.2 Å². The van der Waals surface area contributed by atoms with Crippen molar-refractivity contribution in [3.63, 3.8) is 0 Å². The molecule has 2 atom stereocenters. The van der Waals surface area contributed by atoms with Crippen LogP contribution in [0.25, 0.3) is 11.1 Å². The second-order valence-electron chi connectivity index (χ2n) is 9.37. The third-order valence-electron chi connectivity index (χ3n) is 6.90. The van der Waals surface area contributed by atoms with Crippen molar-refractivity contribution in [2.75, 3.05) is 33.0 Å². The summed E-state index contributed by atoms with van der Waals surface area (Å²) in [6, 6.07) is 16.0. The second kappa shape index (κ2) is 10.1. The van der Waals surface area contributed by atoms with Crippen LogP contribution in [-0.2, 0) is 19.1 Å². The number of fused-ring (bicyclic) bond motifs is 3. The highest BCUT2D eigenvalue weighted by atomic mass is 16.5. The number of aliphatic hydroxyl groups is 1. The third-order valence-corrected chi connectivity index (χ3v) is 6.90. The van der Waals surface area contributed by atoms with E-state index in [1.165, 1.54) is 6.92 Å². The Balaban J connectivity index is 1.41. The lowest BCUT2D eigenvalue weighted by atomic mass is 9.80. The van der Waals surface area contributed by atoms with Crippen LogP contribution >= 0.6 is 0 Å². The molecule has 2 aliphatic rings. The lowest BCUT2D eigenvalue weighted by Crippen LogP contribution is -2.62. The summed E-state index contributed by atoms with van der Waals surface area (Å²) in [7, 11) is 0. The molecule has 0 bridgehead atoms. The number of hydrogen-bond donors (Lipinski definition) is 4. The molecule has 2 aromatic carbocycles. The molecule has 35 heavy (non-hydrogen) atoms. The summed E-state index contributed by atoms with van der Waals surface area (Å²) >= 11 is 0. The van der Waals surface area contributed by atoms with Crippen LogP contribution in [0.2, 0.25) is 0 Å². The minimum atomic E-state index is -1.84. The smallest absolute Gasteiger partial charge is 0.407 e. The Labute approximate surface area is 203 Å². The van der Waals surface area contributed by atoms with E-state index in [9.17, 15) is 24.6 Å². The summed E-state index contributed by atoms with van der Waals surface area (Å²) in [5.41, 5.74) is 1.42. The van der Waals surface area contributed by atoms with Gasteiger partial charge >= 0.3 is 12.1 Å². The number of carboxylic acid groups (broad SMARTS) is 1. The van der Waals surface area contributed by atoms with Gasteiger partial charge in [0.25, 0.3) is 0 Å². The molecule has 0 aromatic heterocycles. The van der Waals surface area contributed by atoms with Gasteiger partial charge in [0.1, 0.15) is 6.61 Å². The number of aliphatic hydroxyl groups excluding tert-OH is 1. The van der Waals surface area contributed by atoms with Gasteiger partial charge < -0.3 is 30.3 Å². The number of ether oxygens (including phenoxy) is 2. The van der Waals surface area contributed by atoms with Gasteiger partial charge in [-0.25, -0.2) is 9.59 Å². The minimum absolute atomic E-state index is 0.0175. The molecular weight excluding hydrogens is 452 g/mol. The Morgan fingerprint density at radius 3 is 2.29 bits per heavy atom. The molecule has 2 unspecified atom stereocenters. The summed E-state index contributed by atoms with van der Waals surface area (Å²) in [6.07, 6.45) is 0.291. The summed E-state index contributed by atoms with van der Waals surface area (Å²) in [5.74, 6) is -2.05. The van der Waals surface area contributed by atoms with Crippen LogP contribution in [0.15, 0.2) is 48.5 Å². The summed E-state index contributed by atoms with van der Waals surface area (Å²) in [4.78, 5) is 37.3. The van der Waals surface area contributed by atoms with Crippen molar-refractivity contribution in [1.82, 2.24) is 10.6 Å². The zero-order valence-corrected chi connectivity index (χ0v) is 19.6. The van der Waals surface area contributed by atoms with E-state index in [4.69, 9.17) is 9.47 Å². The molecule has 1 aliphatic carbocycles. The van der Waals surface area contributed by atoms with Gasteiger partial charge in [0.2, 0.25) is 5.91 Å². The highest BCUT2D eigenvalue weighted by Crippen LogP contribution is 2.44. The number of benzene rings is 2. The number of hydrogen-bond acceptors (Lipinski definition) is 6. The summed E-state index contributed by atoms with van der Waals surface area (Å²) < 4.78 is 11.1. The molecule has 9 heteroatoms. The topological polar surface area (TPSA) is 134 Å². The SMILES string of the molecule is CC(CO)(NC(=O)C1(CNC(=O)OCC2c3ccccc3-c3ccccc32)CCCOC1)C(=O)O. The number of alkyl carbamates (subject to hydrolysis) is 1. The van der Waals surface area contributed by atoms with Crippen molar-refractivity contribution in [1.29, 1.82) is 0 Å². The first-order valence-corrected chi connectivity index (χ1v) is 11.6. The normalized spacial score (nSPS) is 20.7. The van der Waals surface area contributed by atoms with Gasteiger partial charge in [0, 0.05) is 19.1 Å². The first-order valence-electron chi connectivity index (χ1n) is 11.6. The molecule has 1 heterocycles. The van der Waals surface area contributed by atoms with Crippen LogP contribution in [0.4, 0.5) is 4.79 Å². The zero-order valence-electron chi connectivity index (χ0n) is 19.6. The highest BCUT2D eigenvalue weighted by molar-refractivity contribution is 5.90. The Morgan fingerprint density at radius 1 is 1.11 bits per heavy atom. The maximum Gasteiger partial charge on any atom is 0.407 e. The van der Waals surface area contributed by atoms with E-state index < -0.39 is 35.5 Å². The Morgan fingerprint density at radius 2 is 1.74 bits per heavy atom. The quantitative estimate of drug-likeness (QED) is 0.453. The van der Waals surface area contributed by atoms with Crippen LogP contribution in [0, 0.1) is 5.41 Å². The maximum atomic E-state index is 13.1. The average Bonchev–Trinajstić information content (AvgIpc) is 3.20. The molecule has 0 saturated carbocycles. The number of carbonyl (C=O) groups is 3. The van der Waals surface area contributed by atoms with Gasteiger partial charge in [0.15, 0.2) is 5.54 Å². The van der Waals surface area contributed by atoms with E-state index in [1.54, 1.807) is 0 Å². The van der Waals surface area contributed by atoms with E-state index in [1.807, 2.05) is 36.4 Å². The Hall–Kier alpha value is -3.43. The van der Waals surface area contributed by atoms with E-state index in [0.29, 0.717) is 19.4 Å². The number of aliphatic carboxylic acids is 1. The van der Waals surface area contributed by atoms with Gasteiger partial charge in [-0.1, -0.05) is 48.5 Å². The van der Waals surface area contributed by atoms with E-state index in [-0.39, 0.29) is 25.7 Å². The number of rotatable bonds is 8. The number of nitrogens with one attached hydrogen (secondary N) is 2. The Bertz CT molecular complexity index is 1070. The van der Waals surface area contributed by atoms with Crippen molar-refractivity contribution >= 4 is 18.0 Å². The van der Waals surface area contributed by atoms with Crippen LogP contribution < -0.4 is 10.6 Å². The molecule has 0 spiro atoms. The molecule has 9 nitrogen and oxygen atoms in total. The van der Waals surface area contributed by atoms with E-state index >= 15 is 0 Å². The first kappa shape index (κ1) is 24.7. The molecular formula is C26H30N2O7. The second-order valence-corrected chi connectivity index (χ2v) is 9.37. The molecule has 1 aliphatic heterocycles. The molecule has 186 valence electrons. The maximum absolute atomic E-state index is 13.1. The van der Waals surface area contributed by atoms with Crippen molar-refractivity contribution in [2.24, 2.45) is 5.41 Å². The monoisotopic (exact) mass is 482 g/mol. The third kappa shape index (κ3) is 4.87. The van der Waals surface area contributed by atoms with Crippen LogP contribution in [0.5, 0.6) is 0 Å². The summed E-state index contributed by atoms with van der Waals surface area (Å²) in [5, 5.41) is 24.0. The van der Waals surface area contributed by atoms with Gasteiger partial charge in [0.05, 0.1) is 18.6 Å². The number of carboxylic acids is 1. The molecule has 1 saturated heterocycles. The summed E-state index contributed by atoms with van der Waals surface area (Å²) in [6.45, 7) is 0.988. The Kier molecular flexibility index (Phi) is 7.09. The van der Waals surface area contributed by atoms with Crippen molar-refractivity contribution < 1.29 is 34.1 Å². The predicted octanol–water partition coefficient (Wildman–Crippen LogP) is 2.27. The lowest BCUT2D eigenvalue weighted by molar-refractivity contribution is -0.153. The minimum Gasteiger partial charge on any atom is -0.479 e. The number of carbonyl (C=O) groups excluding carboxylic acids is 2. The zero-order chi connectivity index (χ0) is 25.1. The lowest BCUT2D eigenvalue weighted by Gasteiger charge is -2.38. The number of amides is 2. The predicted molar refractivity (Wildman–Crippen MR) is 127 cm³/mol. The fourth-order valence-electron chi connectivity index (χ4n) is 4.69. The molecule has 2 aromatic rings. The molecule has 1 fully saturated rings. The highest BCUT2D eigenvalue weighted by Gasteiger charge is 2.45. The van der Waals surface area contributed by atoms with Gasteiger partial charge in [-0.05, 0) is 42.0 Å². The van der Waals surface area contributed by atoms with Crippen LogP contribution in [0.3, 0.4) is 0 Å². The van der Waals surface area contributed by atoms with E-state index in [2.05, 4.69) is 22.8 Å². The molecule has 4 rings (SSSR count). The molecule has 2 amide bonds. The largest absolute Gasteiger partial charge is 0.479 e. The van der Waals surface area contributed by atoms with Crippen LogP contribution in [0.1, 0.15) is 36.8 Å². The van der Waals surface area contributed by atoms with Crippen LogP contribution in [-0.4, -0.2) is 66.7 Å². The fraction of sp³-hybridized carbons (Fsp3) is 0.423. The van der Waals surface area contributed by atoms with Gasteiger partial charge in [-0.3, -0.25) is 4.79 Å². The van der Waals surface area contributed by atoms with Gasteiger partial charge in [-0.15, -0.1) is 0 Å². The standard InChI is InChI=1S/C26H30N2O7/c1-25(15-29,23(31)32)28-22(30)26(11-6-12-34-16-26)14-27-24(33)35-13-21-19-9-4-2-7-17(19)18-8-3-5-10-20(18)21/h2-5,7-10,21,29H,6,11-16H2,1H3,(H,27,33)(H,28,30)(H,31,32). The first-order chi connectivity index (χ1) is 16.8. The van der Waals surface area contributed by atoms with Crippen molar-refractivity contribution in [3.8, 4) is 11.1 Å². The van der Waals surface area contributed by atoms with Gasteiger partial charge in [-0.2, -0.15) is 0 Å². The average molecular weight is 483 g/mol. The van der Waals surface area contributed by atoms with Crippen molar-refractivity contribution in [3.05, 3.63) is 59.7 Å². The fourth-order valence-corrected chi connectivity index (χ4v) is 4.69. The van der Waals surface area contributed by atoms with E-state index in [0.717, 1.165) is 22.3 Å². The molecule has 4 N–H and O–H groups in total. The molecule has 0 radical (unpaired) electrons.